The molecule has 156 valence electrons. The standard InChI is InChI=1S/C23H20F2N6/c1-5-17-29-30-22-23(3,4)28-16-8-15(24)18(19(25)21(16)31(17)22)14-7-11(2)6-13-12(9-26)10-27-20(13)14/h6-8,10,27-28H,5H2,1-4H3. The van der Waals surface area contributed by atoms with Gasteiger partial charge in [0.1, 0.15) is 23.4 Å². The molecular formula is C23H20F2N6. The zero-order valence-corrected chi connectivity index (χ0v) is 17.6. The molecule has 6 nitrogen and oxygen atoms in total. The Morgan fingerprint density at radius 2 is 1.97 bits per heavy atom. The minimum Gasteiger partial charge on any atom is -0.371 e. The molecule has 2 aromatic carbocycles. The van der Waals surface area contributed by atoms with E-state index in [1.54, 1.807) is 16.8 Å². The maximum atomic E-state index is 16.1. The highest BCUT2D eigenvalue weighted by atomic mass is 19.1. The van der Waals surface area contributed by atoms with Crippen molar-refractivity contribution in [2.75, 3.05) is 5.32 Å². The van der Waals surface area contributed by atoms with Crippen LogP contribution in [-0.4, -0.2) is 19.7 Å². The van der Waals surface area contributed by atoms with E-state index < -0.39 is 17.2 Å². The van der Waals surface area contributed by atoms with Crippen LogP contribution in [0.25, 0.3) is 27.7 Å². The van der Waals surface area contributed by atoms with Crippen LogP contribution >= 0.6 is 0 Å². The van der Waals surface area contributed by atoms with E-state index in [0.717, 1.165) is 5.56 Å². The summed E-state index contributed by atoms with van der Waals surface area (Å²) in [6.45, 7) is 7.54. The maximum absolute atomic E-state index is 16.1. The molecule has 5 rings (SSSR count). The largest absolute Gasteiger partial charge is 0.371 e. The first-order chi connectivity index (χ1) is 14.8. The minimum atomic E-state index is -0.700. The average Bonchev–Trinajstić information content (AvgIpc) is 3.31. The highest BCUT2D eigenvalue weighted by Gasteiger charge is 2.37. The van der Waals surface area contributed by atoms with Crippen molar-refractivity contribution in [3.63, 3.8) is 0 Å². The molecule has 31 heavy (non-hydrogen) atoms. The van der Waals surface area contributed by atoms with Gasteiger partial charge >= 0.3 is 0 Å². The van der Waals surface area contributed by atoms with Gasteiger partial charge in [-0.1, -0.05) is 6.92 Å². The van der Waals surface area contributed by atoms with Gasteiger partial charge in [-0.25, -0.2) is 8.78 Å². The van der Waals surface area contributed by atoms with Crippen molar-refractivity contribution in [3.8, 4) is 22.9 Å². The quantitative estimate of drug-likeness (QED) is 0.475. The molecule has 0 saturated heterocycles. The number of aryl methyl sites for hydroxylation is 2. The molecule has 4 aromatic rings. The van der Waals surface area contributed by atoms with Gasteiger partial charge < -0.3 is 10.3 Å². The molecule has 0 aliphatic carbocycles. The maximum Gasteiger partial charge on any atom is 0.162 e. The van der Waals surface area contributed by atoms with Crippen LogP contribution < -0.4 is 5.32 Å². The molecule has 1 aliphatic rings. The van der Waals surface area contributed by atoms with Gasteiger partial charge in [-0.2, -0.15) is 5.26 Å². The van der Waals surface area contributed by atoms with Crippen LogP contribution in [-0.2, 0) is 12.0 Å². The lowest BCUT2D eigenvalue weighted by Crippen LogP contribution is -2.36. The fraction of sp³-hybridized carbons (Fsp3) is 0.261. The number of aromatic nitrogens is 4. The van der Waals surface area contributed by atoms with Crippen molar-refractivity contribution in [2.45, 2.75) is 39.7 Å². The normalized spacial score (nSPS) is 14.1. The molecule has 0 bridgehead atoms. The van der Waals surface area contributed by atoms with Crippen LogP contribution in [0.1, 0.15) is 43.5 Å². The fourth-order valence-corrected chi connectivity index (χ4v) is 4.41. The summed E-state index contributed by atoms with van der Waals surface area (Å²) < 4.78 is 33.2. The van der Waals surface area contributed by atoms with Gasteiger partial charge in [0.25, 0.3) is 0 Å². The smallest absolute Gasteiger partial charge is 0.162 e. The van der Waals surface area contributed by atoms with Crippen LogP contribution in [0.4, 0.5) is 14.5 Å². The number of nitrogens with zero attached hydrogens (tertiary/aromatic N) is 4. The summed E-state index contributed by atoms with van der Waals surface area (Å²) in [5.74, 6) is -0.222. The summed E-state index contributed by atoms with van der Waals surface area (Å²) in [6.07, 6.45) is 2.10. The van der Waals surface area contributed by atoms with Crippen molar-refractivity contribution in [2.24, 2.45) is 0 Å². The molecule has 1 aliphatic heterocycles. The summed E-state index contributed by atoms with van der Waals surface area (Å²) in [5, 5.41) is 21.7. The lowest BCUT2D eigenvalue weighted by atomic mass is 9.94. The van der Waals surface area contributed by atoms with Gasteiger partial charge in [0.05, 0.1) is 27.9 Å². The van der Waals surface area contributed by atoms with E-state index in [4.69, 9.17) is 0 Å². The predicted octanol–water partition coefficient (Wildman–Crippen LogP) is 5.10. The molecule has 0 amide bonds. The number of anilines is 1. The molecule has 0 saturated carbocycles. The summed E-state index contributed by atoms with van der Waals surface area (Å²) in [6, 6.07) is 7.00. The van der Waals surface area contributed by atoms with Gasteiger partial charge in [0.15, 0.2) is 11.6 Å². The van der Waals surface area contributed by atoms with Crippen molar-refractivity contribution in [1.29, 1.82) is 5.26 Å². The Hall–Kier alpha value is -3.73. The second-order valence-corrected chi connectivity index (χ2v) is 8.37. The Labute approximate surface area is 177 Å². The second-order valence-electron chi connectivity index (χ2n) is 8.37. The first-order valence-corrected chi connectivity index (χ1v) is 10.0. The van der Waals surface area contributed by atoms with E-state index in [2.05, 4.69) is 26.6 Å². The van der Waals surface area contributed by atoms with Crippen LogP contribution in [0.2, 0.25) is 0 Å². The number of hydrogen-bond donors (Lipinski definition) is 2. The molecule has 0 radical (unpaired) electrons. The van der Waals surface area contributed by atoms with Crippen LogP contribution in [0.3, 0.4) is 0 Å². The van der Waals surface area contributed by atoms with E-state index in [1.165, 1.54) is 6.07 Å². The number of nitriles is 1. The molecule has 2 N–H and O–H groups in total. The number of hydrogen-bond acceptors (Lipinski definition) is 4. The first-order valence-electron chi connectivity index (χ1n) is 10.0. The number of benzene rings is 2. The van der Waals surface area contributed by atoms with Crippen molar-refractivity contribution in [3.05, 3.63) is 58.8 Å². The Balaban J connectivity index is 1.87. The Bertz CT molecular complexity index is 1420. The molecule has 3 heterocycles. The van der Waals surface area contributed by atoms with Crippen LogP contribution in [0.5, 0.6) is 0 Å². The summed E-state index contributed by atoms with van der Waals surface area (Å²) in [7, 11) is 0. The van der Waals surface area contributed by atoms with Gasteiger partial charge in [-0.15, -0.1) is 10.2 Å². The molecule has 0 atom stereocenters. The highest BCUT2D eigenvalue weighted by molar-refractivity contribution is 5.99. The predicted molar refractivity (Wildman–Crippen MR) is 114 cm³/mol. The minimum absolute atomic E-state index is 0.151. The second kappa shape index (κ2) is 6.38. The third-order valence-corrected chi connectivity index (χ3v) is 5.79. The van der Waals surface area contributed by atoms with E-state index in [0.29, 0.717) is 45.8 Å². The molecule has 0 spiro atoms. The third-order valence-electron chi connectivity index (χ3n) is 5.79. The molecule has 8 heteroatoms. The van der Waals surface area contributed by atoms with Crippen LogP contribution in [0, 0.1) is 29.9 Å². The van der Waals surface area contributed by atoms with Crippen molar-refractivity contribution in [1.82, 2.24) is 19.7 Å². The summed E-state index contributed by atoms with van der Waals surface area (Å²) in [5.41, 5.74) is 1.86. The zero-order chi connectivity index (χ0) is 22.1. The summed E-state index contributed by atoms with van der Waals surface area (Å²) in [4.78, 5) is 3.01. The monoisotopic (exact) mass is 418 g/mol. The Kier molecular flexibility index (Phi) is 3.96. The number of nitrogens with one attached hydrogen (secondary N) is 2. The van der Waals surface area contributed by atoms with Gasteiger partial charge in [-0.05, 0) is 38.5 Å². The number of halogens is 2. The van der Waals surface area contributed by atoms with Crippen LogP contribution in [0.15, 0.2) is 24.4 Å². The summed E-state index contributed by atoms with van der Waals surface area (Å²) >= 11 is 0. The van der Waals surface area contributed by atoms with Gasteiger partial charge in [0, 0.05) is 29.6 Å². The number of fused-ring (bicyclic) bond motifs is 4. The average molecular weight is 418 g/mol. The lowest BCUT2D eigenvalue weighted by Gasteiger charge is -2.34. The van der Waals surface area contributed by atoms with Crippen molar-refractivity contribution < 1.29 is 8.78 Å². The van der Waals surface area contributed by atoms with E-state index in [-0.39, 0.29) is 11.3 Å². The lowest BCUT2D eigenvalue weighted by molar-refractivity contribution is 0.516. The van der Waals surface area contributed by atoms with E-state index in [1.807, 2.05) is 33.8 Å². The number of rotatable bonds is 2. The fourth-order valence-electron chi connectivity index (χ4n) is 4.41. The van der Waals surface area contributed by atoms with E-state index in [9.17, 15) is 5.26 Å². The van der Waals surface area contributed by atoms with E-state index >= 15 is 8.78 Å². The highest BCUT2D eigenvalue weighted by Crippen LogP contribution is 2.43. The number of aromatic amines is 1. The van der Waals surface area contributed by atoms with Gasteiger partial charge in [-0.3, -0.25) is 4.57 Å². The van der Waals surface area contributed by atoms with Crippen molar-refractivity contribution >= 4 is 16.6 Å². The first kappa shape index (κ1) is 19.2. The zero-order valence-electron chi connectivity index (χ0n) is 17.6. The Morgan fingerprint density at radius 3 is 2.68 bits per heavy atom. The molecular weight excluding hydrogens is 398 g/mol. The number of H-pyrrole nitrogens is 1. The third kappa shape index (κ3) is 2.59. The molecule has 0 fully saturated rings. The van der Waals surface area contributed by atoms with Gasteiger partial charge in [0.2, 0.25) is 0 Å². The molecule has 0 unspecified atom stereocenters. The SMILES string of the molecule is CCc1nnc2n1-c1c(cc(F)c(-c3cc(C)cc4c(C#N)c[nH]c34)c1F)NC2(C)C. The topological polar surface area (TPSA) is 82.3 Å². The molecule has 2 aromatic heterocycles. The Morgan fingerprint density at radius 1 is 1.19 bits per heavy atom.